The van der Waals surface area contributed by atoms with Crippen LogP contribution in [0.3, 0.4) is 0 Å². The second kappa shape index (κ2) is 15.5. The normalized spacial score (nSPS) is 27.4. The second-order valence-electron chi connectivity index (χ2n) is 9.68. The molecule has 0 aromatic heterocycles. The van der Waals surface area contributed by atoms with Gasteiger partial charge in [-0.2, -0.15) is 0 Å². The van der Waals surface area contributed by atoms with Crippen LogP contribution in [0.4, 0.5) is 0 Å². The van der Waals surface area contributed by atoms with E-state index in [0.717, 1.165) is 35.5 Å². The van der Waals surface area contributed by atoms with Gasteiger partial charge in [-0.05, 0) is 24.7 Å². The Bertz CT molecular complexity index is 591. The molecule has 0 bridgehead atoms. The third kappa shape index (κ3) is 10.1. The van der Waals surface area contributed by atoms with E-state index < -0.39 is 0 Å². The molecule has 4 heteroatoms. The zero-order chi connectivity index (χ0) is 20.7. The van der Waals surface area contributed by atoms with Gasteiger partial charge in [0.2, 0.25) is 0 Å². The zero-order valence-corrected chi connectivity index (χ0v) is 25.7. The van der Waals surface area contributed by atoms with Gasteiger partial charge in [0.1, 0.15) is 0 Å². The average Bonchev–Trinajstić information content (AvgIpc) is 3.26. The SMILES string of the molecule is CC(C)C1[CH-]C2=CC=CCC2C1.CC(C)C1[CH-]C2=CC=CCC2C1.[CH3][Ge]([CH3])=[Zr+2].[Cl-].[Cl-]. The van der Waals surface area contributed by atoms with Crippen LogP contribution in [-0.2, 0) is 21.6 Å². The first-order valence-corrected chi connectivity index (χ1v) is 22.9. The Hall–Kier alpha value is 0.706. The third-order valence-corrected chi connectivity index (χ3v) is 6.27. The molecule has 0 N–H and O–H groups in total. The molecule has 2 saturated carbocycles. The smallest absolute Gasteiger partial charge is 1.00 e. The molecule has 0 aliphatic heterocycles. The van der Waals surface area contributed by atoms with Crippen LogP contribution in [0, 0.1) is 48.3 Å². The Balaban J connectivity index is 0.000000452. The van der Waals surface area contributed by atoms with E-state index in [0.29, 0.717) is 0 Å². The third-order valence-electron chi connectivity index (χ3n) is 6.27. The molecule has 30 heavy (non-hydrogen) atoms. The summed E-state index contributed by atoms with van der Waals surface area (Å²) < 4.78 is 0. The molecule has 2 fully saturated rings. The Morgan fingerprint density at radius 1 is 0.800 bits per heavy atom. The number of hydrogen-bond donors (Lipinski definition) is 0. The molecule has 0 aromatic rings. The van der Waals surface area contributed by atoms with Crippen LogP contribution in [0.1, 0.15) is 53.4 Å². The van der Waals surface area contributed by atoms with Gasteiger partial charge in [-0.1, -0.05) is 64.2 Å². The molecule has 0 aromatic carbocycles. The van der Waals surface area contributed by atoms with Crippen LogP contribution < -0.4 is 24.8 Å². The minimum Gasteiger partial charge on any atom is -1.00 e. The van der Waals surface area contributed by atoms with Gasteiger partial charge in [-0.15, -0.1) is 24.3 Å². The molecule has 168 valence electrons. The van der Waals surface area contributed by atoms with Crippen molar-refractivity contribution in [2.45, 2.75) is 64.9 Å². The van der Waals surface area contributed by atoms with Crippen molar-refractivity contribution in [1.29, 1.82) is 0 Å². The fourth-order valence-corrected chi connectivity index (χ4v) is 4.45. The summed E-state index contributed by atoms with van der Waals surface area (Å²) in [5.41, 5.74) is 3.19. The molecule has 4 unspecified atom stereocenters. The number of halogens is 2. The van der Waals surface area contributed by atoms with E-state index in [9.17, 15) is 0 Å². The summed E-state index contributed by atoms with van der Waals surface area (Å²) >= 11 is 1.80. The molecule has 0 nitrogen and oxygen atoms in total. The number of hydrogen-bond acceptors (Lipinski definition) is 0. The molecule has 0 amide bonds. The zero-order valence-electron chi connectivity index (χ0n) is 19.7. The Kier molecular flexibility index (Phi) is 15.9. The van der Waals surface area contributed by atoms with Crippen molar-refractivity contribution in [3.05, 3.63) is 60.4 Å². The van der Waals surface area contributed by atoms with Crippen LogP contribution >= 0.6 is 0 Å². The fourth-order valence-electron chi connectivity index (χ4n) is 4.45. The van der Waals surface area contributed by atoms with E-state index in [1.54, 1.807) is 32.7 Å². The van der Waals surface area contributed by atoms with Gasteiger partial charge in [0, 0.05) is 0 Å². The van der Waals surface area contributed by atoms with E-state index in [-0.39, 0.29) is 34.8 Å². The summed E-state index contributed by atoms with van der Waals surface area (Å²) in [6.07, 6.45) is 23.8. The summed E-state index contributed by atoms with van der Waals surface area (Å²) in [5, 5.41) is 0. The summed E-state index contributed by atoms with van der Waals surface area (Å²) in [5.74, 6) is 9.75. The predicted molar refractivity (Wildman–Crippen MR) is 123 cm³/mol. The van der Waals surface area contributed by atoms with Crippen LogP contribution in [0.15, 0.2) is 47.6 Å². The van der Waals surface area contributed by atoms with Gasteiger partial charge in [0.05, 0.1) is 0 Å². The molecule has 0 spiro atoms. The molecule has 4 aliphatic rings. The maximum atomic E-state index is 2.48. The summed E-state index contributed by atoms with van der Waals surface area (Å²) in [7, 11) is -0.243. The summed E-state index contributed by atoms with van der Waals surface area (Å²) in [6.45, 7) is 9.30. The molecule has 4 rings (SSSR count). The topological polar surface area (TPSA) is 0 Å². The first-order valence-electron chi connectivity index (χ1n) is 11.2. The number of fused-ring (bicyclic) bond motifs is 2. The number of allylic oxidation sites excluding steroid dienone is 8. The van der Waals surface area contributed by atoms with Crippen molar-refractivity contribution in [3.63, 3.8) is 0 Å². The quantitative estimate of drug-likeness (QED) is 0.340. The van der Waals surface area contributed by atoms with Gasteiger partial charge in [-0.25, -0.2) is 36.1 Å². The van der Waals surface area contributed by atoms with E-state index in [1.165, 1.54) is 25.7 Å². The molecule has 4 atom stereocenters. The van der Waals surface area contributed by atoms with Crippen LogP contribution in [-0.4, -0.2) is 9.98 Å². The molecule has 0 radical (unpaired) electrons. The van der Waals surface area contributed by atoms with E-state index in [4.69, 9.17) is 0 Å². The van der Waals surface area contributed by atoms with Crippen molar-refractivity contribution in [2.75, 3.05) is 0 Å². The van der Waals surface area contributed by atoms with Gasteiger partial charge in [0.25, 0.3) is 0 Å². The number of rotatable bonds is 2. The molecular formula is C26H40Cl2GeZr-2. The van der Waals surface area contributed by atoms with Crippen molar-refractivity contribution in [1.82, 2.24) is 0 Å². The second-order valence-corrected chi connectivity index (χ2v) is 26.6. The summed E-state index contributed by atoms with van der Waals surface area (Å²) in [4.78, 5) is 0. The maximum absolute atomic E-state index is 2.48. The molecule has 4 aliphatic carbocycles. The van der Waals surface area contributed by atoms with Gasteiger partial charge in [0.15, 0.2) is 0 Å². The van der Waals surface area contributed by atoms with E-state index in [1.807, 2.05) is 0 Å². The van der Waals surface area contributed by atoms with E-state index >= 15 is 0 Å². The van der Waals surface area contributed by atoms with Crippen LogP contribution in [0.5, 0.6) is 0 Å². The molecule has 0 saturated heterocycles. The van der Waals surface area contributed by atoms with Crippen LogP contribution in [0.25, 0.3) is 0 Å². The fraction of sp³-hybridized carbons (Fsp3) is 0.615. The Labute approximate surface area is 215 Å². The first kappa shape index (κ1) is 30.7. The molecular weight excluding hydrogens is 547 g/mol. The summed E-state index contributed by atoms with van der Waals surface area (Å²) in [6, 6.07) is 0. The predicted octanol–water partition coefficient (Wildman–Crippen LogP) is 1.53. The van der Waals surface area contributed by atoms with Crippen molar-refractivity contribution in [3.8, 4) is 0 Å². The van der Waals surface area contributed by atoms with Crippen molar-refractivity contribution < 1.29 is 46.4 Å². The maximum Gasteiger partial charge on any atom is -1.00 e. The average molecular weight is 587 g/mol. The van der Waals surface area contributed by atoms with Crippen LogP contribution in [0.2, 0.25) is 11.5 Å². The van der Waals surface area contributed by atoms with Crippen molar-refractivity contribution >= 4 is 9.98 Å². The monoisotopic (exact) mass is 586 g/mol. The minimum atomic E-state index is -0.243. The standard InChI is InChI=1S/2C12H17.C2H6Ge.2ClH.Zr/c2*1-9(2)12-7-10-5-3-4-6-11(10)8-12;1-3-2;;;/h2*3-5,7,9,11-12H,6,8H2,1-2H3;1-2H3;2*1H;/q2*-1;;;;+2/p-2. The largest absolute Gasteiger partial charge is 1.00 e. The first-order chi connectivity index (χ1) is 13.3. The van der Waals surface area contributed by atoms with Gasteiger partial charge >= 0.3 is 43.1 Å². The Morgan fingerprint density at radius 2 is 1.13 bits per heavy atom. The Morgan fingerprint density at radius 3 is 1.40 bits per heavy atom. The molecule has 0 heterocycles. The van der Waals surface area contributed by atoms with Gasteiger partial charge in [-0.3, -0.25) is 0 Å². The van der Waals surface area contributed by atoms with Crippen molar-refractivity contribution in [2.24, 2.45) is 35.5 Å². The minimum absolute atomic E-state index is 0. The van der Waals surface area contributed by atoms with E-state index in [2.05, 4.69) is 88.5 Å². The van der Waals surface area contributed by atoms with Gasteiger partial charge < -0.3 is 24.8 Å².